The van der Waals surface area contributed by atoms with Gasteiger partial charge in [0.05, 0.1) is 0 Å². The van der Waals surface area contributed by atoms with Crippen molar-refractivity contribution >= 4 is 29.0 Å². The summed E-state index contributed by atoms with van der Waals surface area (Å²) in [6.45, 7) is 0.126. The van der Waals surface area contributed by atoms with E-state index in [9.17, 15) is 9.59 Å². The summed E-state index contributed by atoms with van der Waals surface area (Å²) in [6, 6.07) is 13.6. The molecule has 0 bridgehead atoms. The van der Waals surface area contributed by atoms with E-state index in [1.165, 1.54) is 0 Å². The standard InChI is InChI=1S/C19H14N2O4S/c22-18(13-4-5-16-17(9-13)25-11-24-16)21-19(23)20-15-3-1-2-12(8-15)14-6-7-26-10-14/h1-10H,11H2,(H2,20,21,22,23). The van der Waals surface area contributed by atoms with Gasteiger partial charge in [-0.2, -0.15) is 11.3 Å². The lowest BCUT2D eigenvalue weighted by molar-refractivity contribution is 0.0966. The molecular formula is C19H14N2O4S. The molecule has 0 aliphatic carbocycles. The maximum absolute atomic E-state index is 12.2. The molecule has 3 amide bonds. The molecule has 0 spiro atoms. The number of amides is 3. The van der Waals surface area contributed by atoms with Gasteiger partial charge in [-0.25, -0.2) is 4.79 Å². The van der Waals surface area contributed by atoms with Gasteiger partial charge in [0.1, 0.15) is 0 Å². The Bertz CT molecular complexity index is 969. The summed E-state index contributed by atoms with van der Waals surface area (Å²) >= 11 is 1.61. The fourth-order valence-electron chi connectivity index (χ4n) is 2.58. The average molecular weight is 366 g/mol. The minimum atomic E-state index is -0.602. The van der Waals surface area contributed by atoms with Crippen molar-refractivity contribution < 1.29 is 19.1 Å². The lowest BCUT2D eigenvalue weighted by Crippen LogP contribution is -2.34. The highest BCUT2D eigenvalue weighted by Gasteiger charge is 2.17. The molecule has 4 rings (SSSR count). The molecule has 0 fully saturated rings. The van der Waals surface area contributed by atoms with Crippen LogP contribution in [0.15, 0.2) is 59.3 Å². The molecule has 0 saturated heterocycles. The second kappa shape index (κ2) is 6.89. The van der Waals surface area contributed by atoms with E-state index in [4.69, 9.17) is 9.47 Å². The maximum atomic E-state index is 12.2. The predicted octanol–water partition coefficient (Wildman–Crippen LogP) is 4.11. The molecule has 26 heavy (non-hydrogen) atoms. The Hall–Kier alpha value is -3.32. The number of anilines is 1. The zero-order chi connectivity index (χ0) is 17.9. The second-order valence-electron chi connectivity index (χ2n) is 5.57. The monoisotopic (exact) mass is 366 g/mol. The zero-order valence-corrected chi connectivity index (χ0v) is 14.3. The summed E-state index contributed by atoms with van der Waals surface area (Å²) in [5, 5.41) is 9.00. The number of fused-ring (bicyclic) bond motifs is 1. The molecule has 0 saturated carbocycles. The van der Waals surface area contributed by atoms with Gasteiger partial charge in [-0.1, -0.05) is 12.1 Å². The molecule has 0 radical (unpaired) electrons. The number of ether oxygens (including phenoxy) is 2. The highest BCUT2D eigenvalue weighted by Crippen LogP contribution is 2.32. The lowest BCUT2D eigenvalue weighted by Gasteiger charge is -2.08. The topological polar surface area (TPSA) is 76.7 Å². The molecule has 2 heterocycles. The number of benzene rings is 2. The van der Waals surface area contributed by atoms with Gasteiger partial charge in [-0.15, -0.1) is 0 Å². The van der Waals surface area contributed by atoms with Crippen LogP contribution in [-0.4, -0.2) is 18.7 Å². The third-order valence-corrected chi connectivity index (χ3v) is 4.52. The Kier molecular flexibility index (Phi) is 4.28. The van der Waals surface area contributed by atoms with E-state index in [2.05, 4.69) is 10.6 Å². The van der Waals surface area contributed by atoms with E-state index in [1.54, 1.807) is 35.6 Å². The molecule has 1 aromatic heterocycles. The van der Waals surface area contributed by atoms with Crippen LogP contribution in [0, 0.1) is 0 Å². The molecule has 2 N–H and O–H groups in total. The van der Waals surface area contributed by atoms with Crippen LogP contribution in [0.25, 0.3) is 11.1 Å². The molecule has 7 heteroatoms. The Morgan fingerprint density at radius 1 is 0.962 bits per heavy atom. The Labute approximate surface area is 153 Å². The van der Waals surface area contributed by atoms with Crippen LogP contribution in [0.3, 0.4) is 0 Å². The first kappa shape index (κ1) is 16.2. The van der Waals surface area contributed by atoms with Crippen LogP contribution in [0.4, 0.5) is 10.5 Å². The van der Waals surface area contributed by atoms with E-state index >= 15 is 0 Å². The van der Waals surface area contributed by atoms with Crippen LogP contribution in [0.5, 0.6) is 11.5 Å². The van der Waals surface area contributed by atoms with E-state index in [0.717, 1.165) is 11.1 Å². The molecule has 1 aliphatic rings. The number of rotatable bonds is 3. The molecular weight excluding hydrogens is 352 g/mol. The number of nitrogens with one attached hydrogen (secondary N) is 2. The largest absolute Gasteiger partial charge is 0.454 e. The quantitative estimate of drug-likeness (QED) is 0.731. The van der Waals surface area contributed by atoms with E-state index in [1.807, 2.05) is 35.0 Å². The first-order chi connectivity index (χ1) is 12.7. The molecule has 3 aromatic rings. The molecule has 0 atom stereocenters. The van der Waals surface area contributed by atoms with Crippen molar-refractivity contribution in [2.45, 2.75) is 0 Å². The van der Waals surface area contributed by atoms with Gasteiger partial charge in [0, 0.05) is 11.3 Å². The van der Waals surface area contributed by atoms with Crippen molar-refractivity contribution in [1.29, 1.82) is 0 Å². The molecule has 130 valence electrons. The molecule has 0 unspecified atom stereocenters. The smallest absolute Gasteiger partial charge is 0.326 e. The Morgan fingerprint density at radius 2 is 1.85 bits per heavy atom. The van der Waals surface area contributed by atoms with E-state index in [-0.39, 0.29) is 6.79 Å². The maximum Gasteiger partial charge on any atom is 0.326 e. The van der Waals surface area contributed by atoms with Crippen molar-refractivity contribution in [1.82, 2.24) is 5.32 Å². The summed E-state index contributed by atoms with van der Waals surface area (Å²) in [6.07, 6.45) is 0. The van der Waals surface area contributed by atoms with Crippen molar-refractivity contribution in [2.75, 3.05) is 12.1 Å². The summed E-state index contributed by atoms with van der Waals surface area (Å²) < 4.78 is 10.4. The lowest BCUT2D eigenvalue weighted by atomic mass is 10.1. The number of carbonyl (C=O) groups is 2. The summed E-state index contributed by atoms with van der Waals surface area (Å²) in [4.78, 5) is 24.4. The van der Waals surface area contributed by atoms with Crippen molar-refractivity contribution in [2.24, 2.45) is 0 Å². The number of urea groups is 1. The van der Waals surface area contributed by atoms with E-state index in [0.29, 0.717) is 22.7 Å². The van der Waals surface area contributed by atoms with Gasteiger partial charge in [0.2, 0.25) is 6.79 Å². The number of thiophene rings is 1. The van der Waals surface area contributed by atoms with Crippen molar-refractivity contribution in [3.8, 4) is 22.6 Å². The summed E-state index contributed by atoms with van der Waals surface area (Å²) in [5.74, 6) is 0.549. The Balaban J connectivity index is 1.42. The number of imide groups is 1. The van der Waals surface area contributed by atoms with Gasteiger partial charge in [-0.05, 0) is 58.3 Å². The van der Waals surface area contributed by atoms with Crippen molar-refractivity contribution in [3.63, 3.8) is 0 Å². The fourth-order valence-corrected chi connectivity index (χ4v) is 3.25. The first-order valence-electron chi connectivity index (χ1n) is 7.84. The summed E-state index contributed by atoms with van der Waals surface area (Å²) in [7, 11) is 0. The highest BCUT2D eigenvalue weighted by atomic mass is 32.1. The van der Waals surface area contributed by atoms with Crippen molar-refractivity contribution in [3.05, 3.63) is 64.9 Å². The minimum absolute atomic E-state index is 0.126. The molecule has 6 nitrogen and oxygen atoms in total. The normalized spacial score (nSPS) is 11.8. The molecule has 2 aromatic carbocycles. The average Bonchev–Trinajstić information content (AvgIpc) is 3.33. The second-order valence-corrected chi connectivity index (χ2v) is 6.35. The zero-order valence-electron chi connectivity index (χ0n) is 13.5. The summed E-state index contributed by atoms with van der Waals surface area (Å²) in [5.41, 5.74) is 2.99. The van der Waals surface area contributed by atoms with Crippen LogP contribution < -0.4 is 20.1 Å². The third kappa shape index (κ3) is 3.38. The van der Waals surface area contributed by atoms with Gasteiger partial charge < -0.3 is 14.8 Å². The number of hydrogen-bond acceptors (Lipinski definition) is 5. The van der Waals surface area contributed by atoms with E-state index < -0.39 is 11.9 Å². The molecule has 1 aliphatic heterocycles. The van der Waals surface area contributed by atoms with Gasteiger partial charge in [0.25, 0.3) is 5.91 Å². The van der Waals surface area contributed by atoms with Crippen LogP contribution in [0.1, 0.15) is 10.4 Å². The SMILES string of the molecule is O=C(NC(=O)c1ccc2c(c1)OCO2)Nc1cccc(-c2ccsc2)c1. The predicted molar refractivity (Wildman–Crippen MR) is 98.8 cm³/mol. The third-order valence-electron chi connectivity index (χ3n) is 3.84. The van der Waals surface area contributed by atoms with Crippen LogP contribution >= 0.6 is 11.3 Å². The van der Waals surface area contributed by atoms with Gasteiger partial charge in [-0.3, -0.25) is 10.1 Å². The van der Waals surface area contributed by atoms with Gasteiger partial charge >= 0.3 is 6.03 Å². The highest BCUT2D eigenvalue weighted by molar-refractivity contribution is 7.08. The number of hydrogen-bond donors (Lipinski definition) is 2. The fraction of sp³-hybridized carbons (Fsp3) is 0.0526. The van der Waals surface area contributed by atoms with Crippen LogP contribution in [-0.2, 0) is 0 Å². The Morgan fingerprint density at radius 3 is 2.69 bits per heavy atom. The van der Waals surface area contributed by atoms with Gasteiger partial charge in [0.15, 0.2) is 11.5 Å². The number of carbonyl (C=O) groups excluding carboxylic acids is 2. The first-order valence-corrected chi connectivity index (χ1v) is 8.78. The van der Waals surface area contributed by atoms with Crippen LogP contribution in [0.2, 0.25) is 0 Å². The minimum Gasteiger partial charge on any atom is -0.454 e.